The molecule has 1 aromatic rings. The van der Waals surface area contributed by atoms with Crippen LogP contribution in [0.2, 0.25) is 0 Å². The maximum Gasteiger partial charge on any atom is 0.243 e. The summed E-state index contributed by atoms with van der Waals surface area (Å²) in [6.07, 6.45) is 7.98. The molecule has 0 unspecified atom stereocenters. The number of nitrogens with zero attached hydrogens (tertiary/aromatic N) is 2. The van der Waals surface area contributed by atoms with Gasteiger partial charge in [0.2, 0.25) is 23.6 Å². The maximum atomic E-state index is 13.0. The van der Waals surface area contributed by atoms with Gasteiger partial charge in [0, 0.05) is 19.1 Å². The second-order valence-electron chi connectivity index (χ2n) is 12.7. The van der Waals surface area contributed by atoms with E-state index in [1.54, 1.807) is 0 Å². The normalized spacial score (nSPS) is 20.3. The van der Waals surface area contributed by atoms with Gasteiger partial charge in [-0.25, -0.2) is 0 Å². The Balaban J connectivity index is 1.16. The molecule has 2 heterocycles. The highest BCUT2D eigenvalue weighted by Gasteiger charge is 2.48. The zero-order valence-electron chi connectivity index (χ0n) is 24.7. The molecule has 226 valence electrons. The number of hydrogen-bond donors (Lipinski definition) is 4. The number of hydrogen-bond acceptors (Lipinski definition) is 6. The number of nitrogens with one attached hydrogen (secondary N) is 3. The van der Waals surface area contributed by atoms with Crippen molar-refractivity contribution in [2.45, 2.75) is 83.3 Å². The molecule has 1 aromatic carbocycles. The van der Waals surface area contributed by atoms with Crippen molar-refractivity contribution in [2.24, 2.45) is 17.1 Å². The van der Waals surface area contributed by atoms with Gasteiger partial charge in [0.15, 0.2) is 0 Å². The number of likely N-dealkylation sites (tertiary alicyclic amines) is 2. The van der Waals surface area contributed by atoms with Crippen molar-refractivity contribution in [1.29, 1.82) is 0 Å². The van der Waals surface area contributed by atoms with Crippen molar-refractivity contribution in [3.8, 4) is 0 Å². The van der Waals surface area contributed by atoms with Crippen LogP contribution in [0.25, 0.3) is 0 Å². The van der Waals surface area contributed by atoms with Crippen LogP contribution in [0.15, 0.2) is 30.3 Å². The van der Waals surface area contributed by atoms with E-state index < -0.39 is 29.8 Å². The van der Waals surface area contributed by atoms with Gasteiger partial charge < -0.3 is 31.5 Å². The van der Waals surface area contributed by atoms with Crippen LogP contribution >= 0.6 is 0 Å². The molecule has 2 aliphatic heterocycles. The van der Waals surface area contributed by atoms with Crippen molar-refractivity contribution < 1.29 is 19.2 Å². The minimum absolute atomic E-state index is 0.0853. The van der Waals surface area contributed by atoms with Crippen molar-refractivity contribution in [1.82, 2.24) is 25.8 Å². The Labute approximate surface area is 244 Å². The molecule has 3 fully saturated rings. The van der Waals surface area contributed by atoms with Gasteiger partial charge in [-0.15, -0.1) is 0 Å². The average molecular weight is 569 g/mol. The first-order valence-corrected chi connectivity index (χ1v) is 15.3. The van der Waals surface area contributed by atoms with E-state index in [9.17, 15) is 19.2 Å². The number of carbonyl (C=O) groups is 4. The summed E-state index contributed by atoms with van der Waals surface area (Å²) in [6.45, 7) is 7.50. The largest absolute Gasteiger partial charge is 0.346 e. The van der Waals surface area contributed by atoms with E-state index in [1.807, 2.05) is 49.1 Å². The molecule has 41 heavy (non-hydrogen) atoms. The van der Waals surface area contributed by atoms with Crippen LogP contribution in [-0.2, 0) is 25.6 Å². The summed E-state index contributed by atoms with van der Waals surface area (Å²) in [5.74, 6) is -1.25. The monoisotopic (exact) mass is 568 g/mol. The molecule has 3 aliphatic rings. The molecule has 5 N–H and O–H groups in total. The standard InChI is InChI=1S/C31H48N6O4/c1-22(2)16-26(35-27(38)20-33-29(40)25(32)17-23-8-4-3-5-9-23)30(41)34-21-28(39)37-14-10-31(11-15-37)18-24(19-31)36-12-6-7-13-36/h3-5,8-9,22,24-26H,6-7,10-21,32H2,1-2H3,(H,33,40)(H,34,41)(H,35,38)/t25-,26-/m1/s1. The van der Waals surface area contributed by atoms with E-state index in [0.29, 0.717) is 18.3 Å². The van der Waals surface area contributed by atoms with Gasteiger partial charge in [0.05, 0.1) is 19.1 Å². The first-order valence-electron chi connectivity index (χ1n) is 15.3. The molecule has 0 bridgehead atoms. The van der Waals surface area contributed by atoms with E-state index in [-0.39, 0.29) is 24.9 Å². The van der Waals surface area contributed by atoms with E-state index in [1.165, 1.54) is 38.8 Å². The summed E-state index contributed by atoms with van der Waals surface area (Å²) in [5, 5.41) is 8.00. The molecule has 2 saturated heterocycles. The van der Waals surface area contributed by atoms with Gasteiger partial charge in [-0.3, -0.25) is 19.2 Å². The smallest absolute Gasteiger partial charge is 0.243 e. The lowest BCUT2D eigenvalue weighted by atomic mass is 9.60. The average Bonchev–Trinajstić information content (AvgIpc) is 3.48. The SMILES string of the molecule is CC(C)C[C@@H](NC(=O)CNC(=O)[C@H](N)Cc1ccccc1)C(=O)NCC(=O)N1CCC2(CC1)CC(N1CCCC1)C2. The summed E-state index contributed by atoms with van der Waals surface area (Å²) in [5.41, 5.74) is 7.31. The third kappa shape index (κ3) is 8.75. The van der Waals surface area contributed by atoms with Crippen LogP contribution in [0, 0.1) is 11.3 Å². The lowest BCUT2D eigenvalue weighted by molar-refractivity contribution is -0.137. The minimum Gasteiger partial charge on any atom is -0.346 e. The Morgan fingerprint density at radius 1 is 0.927 bits per heavy atom. The van der Waals surface area contributed by atoms with E-state index >= 15 is 0 Å². The number of amides is 4. The summed E-state index contributed by atoms with van der Waals surface area (Å²) in [6, 6.07) is 8.56. The molecule has 0 aromatic heterocycles. The Hall–Kier alpha value is -2.98. The van der Waals surface area contributed by atoms with Crippen LogP contribution in [0.3, 0.4) is 0 Å². The van der Waals surface area contributed by atoms with E-state index in [2.05, 4.69) is 20.9 Å². The van der Waals surface area contributed by atoms with Crippen molar-refractivity contribution in [3.63, 3.8) is 0 Å². The highest BCUT2D eigenvalue weighted by molar-refractivity contribution is 5.92. The fourth-order valence-electron chi connectivity index (χ4n) is 6.55. The Morgan fingerprint density at radius 3 is 2.20 bits per heavy atom. The molecule has 2 atom stereocenters. The van der Waals surface area contributed by atoms with Crippen molar-refractivity contribution in [2.75, 3.05) is 39.3 Å². The number of nitrogens with two attached hydrogens (primary N) is 1. The van der Waals surface area contributed by atoms with Crippen LogP contribution < -0.4 is 21.7 Å². The summed E-state index contributed by atoms with van der Waals surface area (Å²) in [7, 11) is 0. The number of benzene rings is 1. The zero-order valence-corrected chi connectivity index (χ0v) is 24.7. The minimum atomic E-state index is -0.799. The number of piperidine rings is 1. The van der Waals surface area contributed by atoms with E-state index in [0.717, 1.165) is 37.5 Å². The number of rotatable bonds is 12. The first kappa shape index (κ1) is 31.0. The van der Waals surface area contributed by atoms with E-state index in [4.69, 9.17) is 5.73 Å². The lowest BCUT2D eigenvalue weighted by Crippen LogP contribution is -2.56. The fourth-order valence-corrected chi connectivity index (χ4v) is 6.55. The van der Waals surface area contributed by atoms with Crippen molar-refractivity contribution >= 4 is 23.6 Å². The quantitative estimate of drug-likeness (QED) is 0.299. The van der Waals surface area contributed by atoms with Crippen molar-refractivity contribution in [3.05, 3.63) is 35.9 Å². The second kappa shape index (κ2) is 14.3. The Morgan fingerprint density at radius 2 is 1.56 bits per heavy atom. The number of carbonyl (C=O) groups excluding carboxylic acids is 4. The Bertz CT molecular complexity index is 1040. The molecular weight excluding hydrogens is 520 g/mol. The van der Waals surface area contributed by atoms with Crippen LogP contribution in [0.1, 0.15) is 64.4 Å². The van der Waals surface area contributed by atoms with Crippen LogP contribution in [-0.4, -0.2) is 90.8 Å². The predicted octanol–water partition coefficient (Wildman–Crippen LogP) is 1.19. The first-order chi connectivity index (χ1) is 19.6. The lowest BCUT2D eigenvalue weighted by Gasteiger charge is -2.54. The van der Waals surface area contributed by atoms with Gasteiger partial charge in [0.1, 0.15) is 6.04 Å². The molecule has 1 spiro atoms. The highest BCUT2D eigenvalue weighted by atomic mass is 16.2. The Kier molecular flexibility index (Phi) is 10.8. The van der Waals surface area contributed by atoms with Gasteiger partial charge in [-0.2, -0.15) is 0 Å². The van der Waals surface area contributed by atoms with Gasteiger partial charge in [0.25, 0.3) is 0 Å². The molecule has 0 radical (unpaired) electrons. The van der Waals surface area contributed by atoms with Gasteiger partial charge in [-0.1, -0.05) is 44.2 Å². The predicted molar refractivity (Wildman–Crippen MR) is 158 cm³/mol. The third-order valence-electron chi connectivity index (χ3n) is 9.00. The van der Waals surface area contributed by atoms with Gasteiger partial charge >= 0.3 is 0 Å². The molecule has 1 aliphatic carbocycles. The maximum absolute atomic E-state index is 13.0. The molecule has 10 nitrogen and oxygen atoms in total. The zero-order chi connectivity index (χ0) is 29.4. The molecule has 4 rings (SSSR count). The molecule has 10 heteroatoms. The van der Waals surface area contributed by atoms with Crippen LogP contribution in [0.4, 0.5) is 0 Å². The molecule has 1 saturated carbocycles. The summed E-state index contributed by atoms with van der Waals surface area (Å²) in [4.78, 5) is 55.3. The third-order valence-corrected chi connectivity index (χ3v) is 9.00. The fraction of sp³-hybridized carbons (Fsp3) is 0.677. The van der Waals surface area contributed by atoms with Gasteiger partial charge in [-0.05, 0) is 81.4 Å². The topological polar surface area (TPSA) is 137 Å². The second-order valence-corrected chi connectivity index (χ2v) is 12.7. The molecular formula is C31H48N6O4. The summed E-state index contributed by atoms with van der Waals surface area (Å²) >= 11 is 0. The van der Waals surface area contributed by atoms with Crippen LogP contribution in [0.5, 0.6) is 0 Å². The highest BCUT2D eigenvalue weighted by Crippen LogP contribution is 2.51. The summed E-state index contributed by atoms with van der Waals surface area (Å²) < 4.78 is 0. The molecule has 4 amide bonds.